The molecule has 2 unspecified atom stereocenters. The average molecular weight is 583 g/mol. The first-order valence-corrected chi connectivity index (χ1v) is 16.4. The highest BCUT2D eigenvalue weighted by Gasteiger charge is 2.87. The second-order valence-electron chi connectivity index (χ2n) is 15.7. The summed E-state index contributed by atoms with van der Waals surface area (Å²) in [5.41, 5.74) is -6.65. The molecule has 4 spiro atoms. The monoisotopic (exact) mass is 582 g/mol. The van der Waals surface area contributed by atoms with Crippen molar-refractivity contribution in [2.75, 3.05) is 26.2 Å². The van der Waals surface area contributed by atoms with Crippen molar-refractivity contribution in [2.45, 2.75) is 101 Å². The fraction of sp³-hybridized carbons (Fsp3) is 0.875. The SMILES string of the molecule is O=C1C[C@@H]2C[C@H]3C(=O)[C@]4(O)N5CCC[C@]13[C@@]4(C2)[C@@H](O)CC5.O=C1C[C@@H]2C[C@H]3C(=O)[C@]4(O)N5CCC[C@]13[C@@]4(C2)[C@@H](O)CC5. The first-order valence-electron chi connectivity index (χ1n) is 16.4. The number of nitrogens with zero attached hydrogens (tertiary/aromatic N) is 2. The minimum Gasteiger partial charge on any atom is -0.392 e. The van der Waals surface area contributed by atoms with E-state index in [0.717, 1.165) is 25.7 Å². The third-order valence-corrected chi connectivity index (χ3v) is 15.0. The quantitative estimate of drug-likeness (QED) is 0.311. The standard InChI is InChI=1S/2C16H21NO4/c2*18-11-2-5-17-4-1-3-14-10-6-9(7-12(14)19)8-15(11,14)16(17,21)13(10)20/h2*9-11,18,21H,1-8H2/t2*9-,10-,11-,14+,15+,16+/m00/s1. The van der Waals surface area contributed by atoms with Gasteiger partial charge in [0.2, 0.25) is 0 Å². The summed E-state index contributed by atoms with van der Waals surface area (Å²) in [6.45, 7) is 2.41. The summed E-state index contributed by atoms with van der Waals surface area (Å²) >= 11 is 0. The van der Waals surface area contributed by atoms with Gasteiger partial charge in [-0.05, 0) is 76.0 Å². The van der Waals surface area contributed by atoms with E-state index in [1.807, 2.05) is 9.80 Å². The molecule has 10 nitrogen and oxygen atoms in total. The van der Waals surface area contributed by atoms with Crippen LogP contribution in [0.1, 0.15) is 77.0 Å². The number of hydrogen-bond donors (Lipinski definition) is 4. The van der Waals surface area contributed by atoms with Crippen LogP contribution in [0.3, 0.4) is 0 Å². The summed E-state index contributed by atoms with van der Waals surface area (Å²) in [6.07, 6.45) is 6.42. The van der Waals surface area contributed by atoms with Gasteiger partial charge in [-0.25, -0.2) is 0 Å². The van der Waals surface area contributed by atoms with Crippen molar-refractivity contribution in [2.24, 2.45) is 45.3 Å². The minimum absolute atomic E-state index is 0.141. The summed E-state index contributed by atoms with van der Waals surface area (Å²) in [4.78, 5) is 55.8. The van der Waals surface area contributed by atoms with E-state index in [1.165, 1.54) is 0 Å². The summed E-state index contributed by atoms with van der Waals surface area (Å²) in [7, 11) is 0. The molecule has 4 N–H and O–H groups in total. The van der Waals surface area contributed by atoms with E-state index in [9.17, 15) is 39.6 Å². The number of ketones is 4. The molecule has 0 amide bonds. The first kappa shape index (κ1) is 26.8. The molecule has 228 valence electrons. The molecule has 8 saturated carbocycles. The molecule has 42 heavy (non-hydrogen) atoms. The van der Waals surface area contributed by atoms with Crippen LogP contribution in [0.2, 0.25) is 0 Å². The molecule has 4 aliphatic heterocycles. The Labute approximate surface area is 244 Å². The van der Waals surface area contributed by atoms with Gasteiger partial charge in [-0.2, -0.15) is 0 Å². The van der Waals surface area contributed by atoms with E-state index in [2.05, 4.69) is 0 Å². The van der Waals surface area contributed by atoms with Gasteiger partial charge < -0.3 is 20.4 Å². The van der Waals surface area contributed by atoms with Crippen LogP contribution in [0.15, 0.2) is 0 Å². The van der Waals surface area contributed by atoms with Crippen molar-refractivity contribution in [1.82, 2.24) is 9.80 Å². The van der Waals surface area contributed by atoms with Gasteiger partial charge in [0, 0.05) is 50.9 Å². The summed E-state index contributed by atoms with van der Waals surface area (Å²) in [5, 5.41) is 44.7. The lowest BCUT2D eigenvalue weighted by atomic mass is 9.42. The number of piperidine rings is 2. The van der Waals surface area contributed by atoms with Crippen molar-refractivity contribution < 1.29 is 39.6 Å². The maximum Gasteiger partial charge on any atom is 0.187 e. The van der Waals surface area contributed by atoms with Gasteiger partial charge >= 0.3 is 0 Å². The Morgan fingerprint density at radius 2 is 1.02 bits per heavy atom. The lowest BCUT2D eigenvalue weighted by Crippen LogP contribution is -2.73. The third-order valence-electron chi connectivity index (χ3n) is 15.0. The van der Waals surface area contributed by atoms with Crippen molar-refractivity contribution in [3.8, 4) is 0 Å². The smallest absolute Gasteiger partial charge is 0.187 e. The van der Waals surface area contributed by atoms with Crippen molar-refractivity contribution >= 4 is 23.1 Å². The molecule has 0 aromatic heterocycles. The maximum absolute atomic E-state index is 13.1. The number of carbonyl (C=O) groups excluding carboxylic acids is 4. The molecule has 10 heteroatoms. The van der Waals surface area contributed by atoms with Crippen molar-refractivity contribution in [3.63, 3.8) is 0 Å². The van der Waals surface area contributed by atoms with Gasteiger partial charge in [0.1, 0.15) is 11.6 Å². The van der Waals surface area contributed by atoms with E-state index in [-0.39, 0.29) is 46.8 Å². The minimum atomic E-state index is -1.60. The molecule has 0 aromatic rings. The molecule has 4 heterocycles. The van der Waals surface area contributed by atoms with Gasteiger partial charge in [0.15, 0.2) is 23.0 Å². The number of fused-ring (bicyclic) bond motifs is 2. The lowest BCUT2D eigenvalue weighted by molar-refractivity contribution is -0.266. The van der Waals surface area contributed by atoms with Crippen LogP contribution >= 0.6 is 0 Å². The summed E-state index contributed by atoms with van der Waals surface area (Å²) in [6, 6.07) is 0. The van der Waals surface area contributed by atoms with Crippen LogP contribution in [-0.2, 0) is 19.2 Å². The molecule has 12 aliphatic rings. The Hall–Kier alpha value is -1.56. The number of hydrogen-bond acceptors (Lipinski definition) is 10. The average Bonchev–Trinajstić information content (AvgIpc) is 3.05. The van der Waals surface area contributed by atoms with Gasteiger partial charge in [0.25, 0.3) is 0 Å². The number of carbonyl (C=O) groups is 4. The summed E-state index contributed by atoms with van der Waals surface area (Å²) < 4.78 is 0. The second-order valence-corrected chi connectivity index (χ2v) is 15.7. The second kappa shape index (κ2) is 7.80. The lowest BCUT2D eigenvalue weighted by Gasteiger charge is -2.62. The predicted molar refractivity (Wildman–Crippen MR) is 144 cm³/mol. The van der Waals surface area contributed by atoms with Crippen molar-refractivity contribution in [1.29, 1.82) is 0 Å². The molecule has 0 aromatic carbocycles. The highest BCUT2D eigenvalue weighted by atomic mass is 16.3. The zero-order valence-corrected chi connectivity index (χ0v) is 24.1. The Morgan fingerprint density at radius 3 is 1.43 bits per heavy atom. The van der Waals surface area contributed by atoms with Crippen molar-refractivity contribution in [3.05, 3.63) is 0 Å². The molecule has 8 aliphatic carbocycles. The highest BCUT2D eigenvalue weighted by Crippen LogP contribution is 2.78. The van der Waals surface area contributed by atoms with Gasteiger partial charge in [0.05, 0.1) is 33.9 Å². The maximum atomic E-state index is 13.1. The molecule has 4 saturated heterocycles. The number of Topliss-reactive ketones (excluding diaryl/α,β-unsaturated/α-hetero) is 4. The third kappa shape index (κ3) is 2.32. The highest BCUT2D eigenvalue weighted by molar-refractivity contribution is 6.05. The molecule has 12 fully saturated rings. The van der Waals surface area contributed by atoms with Crippen LogP contribution in [0.5, 0.6) is 0 Å². The van der Waals surface area contributed by atoms with E-state index >= 15 is 0 Å². The fourth-order valence-corrected chi connectivity index (χ4v) is 14.0. The zero-order chi connectivity index (χ0) is 29.2. The summed E-state index contributed by atoms with van der Waals surface area (Å²) in [5.74, 6) is -0.460. The predicted octanol–water partition coefficient (Wildman–Crippen LogP) is 0.180. The largest absolute Gasteiger partial charge is 0.392 e. The van der Waals surface area contributed by atoms with Gasteiger partial charge in [-0.15, -0.1) is 0 Å². The zero-order valence-electron chi connectivity index (χ0n) is 24.1. The molecule has 12 rings (SSSR count). The molecule has 0 radical (unpaired) electrons. The van der Waals surface area contributed by atoms with Crippen LogP contribution in [-0.4, -0.2) is 103 Å². The normalized spacial score (nSPS) is 61.0. The fourth-order valence-electron chi connectivity index (χ4n) is 14.0. The Balaban J connectivity index is 0.000000119. The van der Waals surface area contributed by atoms with E-state index < -0.39 is 45.3 Å². The van der Waals surface area contributed by atoms with E-state index in [1.54, 1.807) is 0 Å². The Kier molecular flexibility index (Phi) is 4.98. The number of rotatable bonds is 0. The van der Waals surface area contributed by atoms with Crippen LogP contribution < -0.4 is 0 Å². The van der Waals surface area contributed by atoms with E-state index in [0.29, 0.717) is 77.5 Å². The van der Waals surface area contributed by atoms with Crippen LogP contribution in [0.25, 0.3) is 0 Å². The van der Waals surface area contributed by atoms with Gasteiger partial charge in [-0.3, -0.25) is 29.0 Å². The van der Waals surface area contributed by atoms with Crippen LogP contribution in [0.4, 0.5) is 0 Å². The molecular weight excluding hydrogens is 540 g/mol. The Morgan fingerprint density at radius 1 is 0.619 bits per heavy atom. The van der Waals surface area contributed by atoms with E-state index in [4.69, 9.17) is 0 Å². The topological polar surface area (TPSA) is 156 Å². The number of aliphatic hydroxyl groups is 4. The first-order chi connectivity index (χ1) is 20.0. The Bertz CT molecular complexity index is 1250. The molecular formula is C32H42N2O8. The van der Waals surface area contributed by atoms with Crippen LogP contribution in [0, 0.1) is 45.3 Å². The molecule has 12 bridgehead atoms. The van der Waals surface area contributed by atoms with Gasteiger partial charge in [-0.1, -0.05) is 0 Å². The number of aliphatic hydroxyl groups excluding tert-OH is 2. The molecule has 14 atom stereocenters.